The van der Waals surface area contributed by atoms with Crippen LogP contribution in [0, 0.1) is 40.4 Å². The van der Waals surface area contributed by atoms with Crippen LogP contribution in [0.15, 0.2) is 34.9 Å². The average molecular weight is 409 g/mol. The Labute approximate surface area is 185 Å². The molecule has 0 aromatic rings. The number of fused-ring (bicyclic) bond motifs is 4. The van der Waals surface area contributed by atoms with Gasteiger partial charge in [0.1, 0.15) is 0 Å². The summed E-state index contributed by atoms with van der Waals surface area (Å²) >= 11 is 0. The van der Waals surface area contributed by atoms with E-state index in [1.807, 2.05) is 6.08 Å². The van der Waals surface area contributed by atoms with Crippen molar-refractivity contribution in [2.24, 2.45) is 40.4 Å². The van der Waals surface area contributed by atoms with Crippen molar-refractivity contribution in [1.82, 2.24) is 0 Å². The molecular formula is C29H44O. The van der Waals surface area contributed by atoms with Gasteiger partial charge in [-0.05, 0) is 96.2 Å². The number of carbonyl (C=O) groups excluding carboxylic acids is 1. The molecule has 30 heavy (non-hydrogen) atoms. The highest BCUT2D eigenvalue weighted by molar-refractivity contribution is 5.92. The summed E-state index contributed by atoms with van der Waals surface area (Å²) in [6, 6.07) is 0. The van der Waals surface area contributed by atoms with Crippen molar-refractivity contribution >= 4 is 5.78 Å². The molecule has 0 amide bonds. The number of carbonyl (C=O) groups is 1. The first-order valence-corrected chi connectivity index (χ1v) is 12.9. The van der Waals surface area contributed by atoms with Crippen molar-refractivity contribution in [2.75, 3.05) is 0 Å². The topological polar surface area (TPSA) is 17.1 Å². The number of rotatable bonds is 6. The summed E-state index contributed by atoms with van der Waals surface area (Å²) in [6.45, 7) is 14.8. The van der Waals surface area contributed by atoms with Crippen molar-refractivity contribution in [3.05, 3.63) is 34.9 Å². The van der Waals surface area contributed by atoms with E-state index in [-0.39, 0.29) is 5.41 Å². The van der Waals surface area contributed by atoms with Gasteiger partial charge >= 0.3 is 0 Å². The van der Waals surface area contributed by atoms with Gasteiger partial charge in [0.05, 0.1) is 0 Å². The van der Waals surface area contributed by atoms with Gasteiger partial charge in [0.2, 0.25) is 0 Å². The molecule has 0 aromatic carbocycles. The lowest BCUT2D eigenvalue weighted by Gasteiger charge is -2.51. The third-order valence-electron chi connectivity index (χ3n) is 10.1. The summed E-state index contributed by atoms with van der Waals surface area (Å²) in [4.78, 5) is 12.0. The molecule has 4 aliphatic rings. The Kier molecular flexibility index (Phi) is 5.97. The number of hydrogen-bond donors (Lipinski definition) is 0. The van der Waals surface area contributed by atoms with E-state index in [1.54, 1.807) is 11.1 Å². The maximum absolute atomic E-state index is 12.0. The van der Waals surface area contributed by atoms with Gasteiger partial charge in [0.15, 0.2) is 5.78 Å². The summed E-state index contributed by atoms with van der Waals surface area (Å²) in [5.74, 6) is 4.32. The van der Waals surface area contributed by atoms with Gasteiger partial charge in [0.25, 0.3) is 0 Å². The SMILES string of the molecule is CCC(CCC(C)C1CCC2=C3C=CC4=CC(=O)CCC4(C)C3CCC21C)C(C)C. The summed E-state index contributed by atoms with van der Waals surface area (Å²) in [6.07, 6.45) is 17.9. The number of hydrogen-bond acceptors (Lipinski definition) is 1. The number of ketones is 1. The summed E-state index contributed by atoms with van der Waals surface area (Å²) in [7, 11) is 0. The van der Waals surface area contributed by atoms with E-state index < -0.39 is 0 Å². The molecular weight excluding hydrogens is 364 g/mol. The molecule has 0 bridgehead atoms. The molecule has 0 aromatic heterocycles. The normalized spacial score (nSPS) is 37.6. The molecule has 0 saturated heterocycles. The van der Waals surface area contributed by atoms with Crippen LogP contribution in [0.1, 0.15) is 99.3 Å². The van der Waals surface area contributed by atoms with E-state index in [0.29, 0.717) is 17.1 Å². The molecule has 1 nitrogen and oxygen atoms in total. The van der Waals surface area contributed by atoms with Crippen LogP contribution in [0.5, 0.6) is 0 Å². The molecule has 1 saturated carbocycles. The van der Waals surface area contributed by atoms with Gasteiger partial charge in [-0.25, -0.2) is 0 Å². The molecule has 6 atom stereocenters. The minimum atomic E-state index is 0.182. The summed E-state index contributed by atoms with van der Waals surface area (Å²) < 4.78 is 0. The fourth-order valence-electron chi connectivity index (χ4n) is 7.96. The Morgan fingerprint density at radius 3 is 2.47 bits per heavy atom. The van der Waals surface area contributed by atoms with E-state index >= 15 is 0 Å². The lowest BCUT2D eigenvalue weighted by Crippen LogP contribution is -2.41. The molecule has 0 N–H and O–H groups in total. The first-order chi connectivity index (χ1) is 14.2. The minimum Gasteiger partial charge on any atom is -0.295 e. The Hall–Kier alpha value is -1.11. The maximum atomic E-state index is 12.0. The van der Waals surface area contributed by atoms with Crippen LogP contribution in [-0.4, -0.2) is 5.78 Å². The molecule has 4 aliphatic carbocycles. The zero-order valence-corrected chi connectivity index (χ0v) is 20.4. The molecule has 0 heterocycles. The lowest BCUT2D eigenvalue weighted by molar-refractivity contribution is -0.116. The van der Waals surface area contributed by atoms with Crippen LogP contribution < -0.4 is 0 Å². The number of allylic oxidation sites excluding steroid dienone is 6. The monoisotopic (exact) mass is 408 g/mol. The van der Waals surface area contributed by atoms with E-state index in [2.05, 4.69) is 53.7 Å². The predicted octanol–water partition coefficient (Wildman–Crippen LogP) is 8.07. The Bertz CT molecular complexity index is 780. The fourth-order valence-corrected chi connectivity index (χ4v) is 7.96. The molecule has 166 valence electrons. The fraction of sp³-hybridized carbons (Fsp3) is 0.759. The van der Waals surface area contributed by atoms with Gasteiger partial charge in [-0.3, -0.25) is 4.79 Å². The van der Waals surface area contributed by atoms with E-state index in [4.69, 9.17) is 0 Å². The van der Waals surface area contributed by atoms with Crippen LogP contribution in [-0.2, 0) is 4.79 Å². The van der Waals surface area contributed by atoms with Gasteiger partial charge in [-0.2, -0.15) is 0 Å². The molecule has 4 rings (SSSR count). The minimum absolute atomic E-state index is 0.182. The standard InChI is InChI=1S/C29H44O/c1-7-21(19(2)3)9-8-20(4)25-12-13-26-24-11-10-22-18-23(30)14-16-28(22,5)27(24)15-17-29(25,26)6/h10-11,18-21,25,27H,7-9,12-17H2,1-6H3. The first kappa shape index (κ1) is 22.1. The Morgan fingerprint density at radius 1 is 1.00 bits per heavy atom. The highest BCUT2D eigenvalue weighted by Gasteiger charge is 2.53. The maximum Gasteiger partial charge on any atom is 0.156 e. The third kappa shape index (κ3) is 3.49. The Balaban J connectivity index is 1.58. The van der Waals surface area contributed by atoms with Crippen molar-refractivity contribution in [1.29, 1.82) is 0 Å². The van der Waals surface area contributed by atoms with Crippen molar-refractivity contribution in [3.63, 3.8) is 0 Å². The highest BCUT2D eigenvalue weighted by Crippen LogP contribution is 2.63. The summed E-state index contributed by atoms with van der Waals surface area (Å²) in [5.41, 5.74) is 5.35. The van der Waals surface area contributed by atoms with Crippen LogP contribution in [0.4, 0.5) is 0 Å². The van der Waals surface area contributed by atoms with E-state index in [9.17, 15) is 4.79 Å². The van der Waals surface area contributed by atoms with Crippen LogP contribution in [0.2, 0.25) is 0 Å². The lowest BCUT2D eigenvalue weighted by atomic mass is 9.53. The van der Waals surface area contributed by atoms with Crippen LogP contribution in [0.25, 0.3) is 0 Å². The molecule has 6 unspecified atom stereocenters. The first-order valence-electron chi connectivity index (χ1n) is 12.9. The smallest absolute Gasteiger partial charge is 0.156 e. The van der Waals surface area contributed by atoms with Crippen molar-refractivity contribution in [2.45, 2.75) is 99.3 Å². The third-order valence-corrected chi connectivity index (χ3v) is 10.1. The second-order valence-electron chi connectivity index (χ2n) is 11.9. The second-order valence-corrected chi connectivity index (χ2v) is 11.9. The van der Waals surface area contributed by atoms with Gasteiger partial charge < -0.3 is 0 Å². The summed E-state index contributed by atoms with van der Waals surface area (Å²) in [5, 5.41) is 0. The molecule has 0 aliphatic heterocycles. The van der Waals surface area contributed by atoms with Crippen LogP contribution >= 0.6 is 0 Å². The average Bonchev–Trinajstić information content (AvgIpc) is 3.06. The molecule has 1 fully saturated rings. The molecule has 0 radical (unpaired) electrons. The van der Waals surface area contributed by atoms with Gasteiger partial charge in [-0.1, -0.05) is 72.1 Å². The van der Waals surface area contributed by atoms with E-state index in [1.165, 1.54) is 50.5 Å². The van der Waals surface area contributed by atoms with Crippen LogP contribution in [0.3, 0.4) is 0 Å². The van der Waals surface area contributed by atoms with Gasteiger partial charge in [-0.15, -0.1) is 0 Å². The zero-order chi connectivity index (χ0) is 21.7. The molecule has 0 spiro atoms. The van der Waals surface area contributed by atoms with E-state index in [0.717, 1.165) is 36.5 Å². The quantitative estimate of drug-likeness (QED) is 0.434. The highest BCUT2D eigenvalue weighted by atomic mass is 16.1. The Morgan fingerprint density at radius 2 is 1.77 bits per heavy atom. The van der Waals surface area contributed by atoms with Crippen molar-refractivity contribution in [3.8, 4) is 0 Å². The predicted molar refractivity (Wildman–Crippen MR) is 127 cm³/mol. The second kappa shape index (κ2) is 8.10. The van der Waals surface area contributed by atoms with Gasteiger partial charge in [0, 0.05) is 6.42 Å². The van der Waals surface area contributed by atoms with Crippen molar-refractivity contribution < 1.29 is 4.79 Å². The zero-order valence-electron chi connectivity index (χ0n) is 20.4. The largest absolute Gasteiger partial charge is 0.295 e. The molecule has 1 heteroatoms.